The Morgan fingerprint density at radius 2 is 2.08 bits per heavy atom. The van der Waals surface area contributed by atoms with Gasteiger partial charge in [-0.25, -0.2) is 19.0 Å². The Hall–Kier alpha value is -2.95. The lowest BCUT2D eigenvalue weighted by Gasteiger charge is -2.24. The molecule has 0 spiro atoms. The topological polar surface area (TPSA) is 113 Å². The van der Waals surface area contributed by atoms with Gasteiger partial charge >= 0.3 is 12.1 Å². The third kappa shape index (κ3) is 9.41. The van der Waals surface area contributed by atoms with Crippen molar-refractivity contribution in [3.63, 3.8) is 0 Å². The Kier molecular flexibility index (Phi) is 12.0. The second-order valence-corrected chi connectivity index (χ2v) is 9.64. The van der Waals surface area contributed by atoms with Crippen molar-refractivity contribution in [3.8, 4) is 0 Å². The van der Waals surface area contributed by atoms with E-state index in [0.717, 1.165) is 56.7 Å². The van der Waals surface area contributed by atoms with Gasteiger partial charge in [-0.2, -0.15) is 0 Å². The fraction of sp³-hybridized carbons (Fsp3) is 0.519. The Balaban J connectivity index is 1.44. The molecule has 1 aliphatic rings. The first-order chi connectivity index (χ1) is 18.4. The zero-order chi connectivity index (χ0) is 27.3. The summed E-state index contributed by atoms with van der Waals surface area (Å²) in [6.07, 6.45) is 4.14. The molecule has 0 saturated heterocycles. The average molecular weight is 551 g/mol. The number of pyridine rings is 1. The van der Waals surface area contributed by atoms with Gasteiger partial charge in [0.15, 0.2) is 0 Å². The van der Waals surface area contributed by atoms with Crippen LogP contribution < -0.4 is 10.6 Å². The van der Waals surface area contributed by atoms with Crippen LogP contribution in [-0.4, -0.2) is 73.0 Å². The second kappa shape index (κ2) is 15.5. The van der Waals surface area contributed by atoms with Crippen LogP contribution in [0.4, 0.5) is 15.0 Å². The third-order valence-electron chi connectivity index (χ3n) is 6.45. The lowest BCUT2D eigenvalue weighted by molar-refractivity contribution is -0.139. The number of ether oxygens (including phenoxy) is 2. The first-order valence-electron chi connectivity index (χ1n) is 12.9. The predicted octanol–water partition coefficient (Wildman–Crippen LogP) is 4.27. The van der Waals surface area contributed by atoms with E-state index in [9.17, 15) is 19.1 Å². The van der Waals surface area contributed by atoms with Gasteiger partial charge in [-0.15, -0.1) is 0 Å². The fourth-order valence-corrected chi connectivity index (χ4v) is 4.48. The molecule has 208 valence electrons. The zero-order valence-electron chi connectivity index (χ0n) is 21.7. The quantitative estimate of drug-likeness (QED) is 0.282. The standard InChI is InChI=1S/C27H36ClFN4O5/c1-37-17-16-33(14-3-2-7-20-11-10-19-6-5-13-30-25(19)31-20)15-12-24(26(34)35)32-27(36)38-18-21-22(28)8-4-9-23(21)29/h4,8-11,24H,2-3,5-7,12-18H2,1H3,(H,30,31)(H,32,36)(H,34,35). The molecule has 0 fully saturated rings. The predicted molar refractivity (Wildman–Crippen MR) is 143 cm³/mol. The van der Waals surface area contributed by atoms with E-state index in [1.54, 1.807) is 7.11 Å². The minimum atomic E-state index is -1.18. The Morgan fingerprint density at radius 3 is 2.84 bits per heavy atom. The van der Waals surface area contributed by atoms with Crippen LogP contribution in [0.5, 0.6) is 0 Å². The Morgan fingerprint density at radius 1 is 1.24 bits per heavy atom. The van der Waals surface area contributed by atoms with E-state index in [2.05, 4.69) is 27.7 Å². The molecule has 1 amide bonds. The maximum absolute atomic E-state index is 13.9. The fourth-order valence-electron chi connectivity index (χ4n) is 4.27. The highest BCUT2D eigenvalue weighted by molar-refractivity contribution is 6.31. The molecule has 3 rings (SSSR count). The largest absolute Gasteiger partial charge is 0.480 e. The van der Waals surface area contributed by atoms with E-state index in [0.29, 0.717) is 19.7 Å². The van der Waals surface area contributed by atoms with Gasteiger partial charge in [0.25, 0.3) is 0 Å². The van der Waals surface area contributed by atoms with Crippen LogP contribution in [0.15, 0.2) is 30.3 Å². The summed E-state index contributed by atoms with van der Waals surface area (Å²) in [6.45, 7) is 2.91. The molecule has 38 heavy (non-hydrogen) atoms. The maximum atomic E-state index is 13.9. The number of methoxy groups -OCH3 is 1. The lowest BCUT2D eigenvalue weighted by atomic mass is 10.1. The number of hydrogen-bond donors (Lipinski definition) is 3. The number of hydrogen-bond acceptors (Lipinski definition) is 7. The SMILES string of the molecule is COCCN(CCCCc1ccc2c(n1)NCCC2)CCC(NC(=O)OCc1c(F)cccc1Cl)C(=O)O. The number of carboxylic acid groups (broad SMARTS) is 1. The van der Waals surface area contributed by atoms with Gasteiger partial charge in [0.2, 0.25) is 0 Å². The normalized spacial score (nSPS) is 13.5. The van der Waals surface area contributed by atoms with Crippen LogP contribution >= 0.6 is 11.6 Å². The Bertz CT molecular complexity index is 1050. The number of aliphatic carboxylic acids is 1. The smallest absolute Gasteiger partial charge is 0.408 e. The number of nitrogens with zero attached hydrogens (tertiary/aromatic N) is 2. The van der Waals surface area contributed by atoms with E-state index in [-0.39, 0.29) is 17.0 Å². The average Bonchev–Trinajstić information content (AvgIpc) is 2.90. The molecule has 1 aromatic heterocycles. The summed E-state index contributed by atoms with van der Waals surface area (Å²) in [6, 6.07) is 7.23. The molecule has 1 aliphatic heterocycles. The van der Waals surface area contributed by atoms with Crippen molar-refractivity contribution >= 4 is 29.5 Å². The summed E-state index contributed by atoms with van der Waals surface area (Å²) in [5, 5.41) is 15.4. The number of aryl methyl sites for hydroxylation is 2. The van der Waals surface area contributed by atoms with E-state index < -0.39 is 30.5 Å². The molecule has 0 radical (unpaired) electrons. The van der Waals surface area contributed by atoms with E-state index in [1.165, 1.54) is 23.8 Å². The number of halogens is 2. The van der Waals surface area contributed by atoms with Crippen LogP contribution in [0.25, 0.3) is 0 Å². The molecular formula is C27H36ClFN4O5. The third-order valence-corrected chi connectivity index (χ3v) is 6.81. The number of unbranched alkanes of at least 4 members (excludes halogenated alkanes) is 1. The van der Waals surface area contributed by atoms with Crippen LogP contribution in [0.3, 0.4) is 0 Å². The summed E-state index contributed by atoms with van der Waals surface area (Å²) >= 11 is 5.94. The molecule has 1 atom stereocenters. The van der Waals surface area contributed by atoms with Crippen LogP contribution in [0.2, 0.25) is 5.02 Å². The van der Waals surface area contributed by atoms with E-state index in [4.69, 9.17) is 26.1 Å². The highest BCUT2D eigenvalue weighted by Crippen LogP contribution is 2.21. The molecule has 11 heteroatoms. The molecule has 1 unspecified atom stereocenters. The lowest BCUT2D eigenvalue weighted by Crippen LogP contribution is -2.43. The van der Waals surface area contributed by atoms with Crippen molar-refractivity contribution < 1.29 is 28.6 Å². The number of fused-ring (bicyclic) bond motifs is 1. The van der Waals surface area contributed by atoms with Crippen LogP contribution in [-0.2, 0) is 33.7 Å². The highest BCUT2D eigenvalue weighted by Gasteiger charge is 2.22. The molecule has 1 aromatic carbocycles. The van der Waals surface area contributed by atoms with Gasteiger partial charge in [-0.3, -0.25) is 0 Å². The summed E-state index contributed by atoms with van der Waals surface area (Å²) in [7, 11) is 1.62. The molecular weight excluding hydrogens is 515 g/mol. The Labute approximate surface area is 227 Å². The summed E-state index contributed by atoms with van der Waals surface area (Å²) < 4.78 is 24.1. The number of carboxylic acids is 1. The van der Waals surface area contributed by atoms with Gasteiger partial charge in [0.05, 0.1) is 11.6 Å². The van der Waals surface area contributed by atoms with Gasteiger partial charge in [0.1, 0.15) is 24.3 Å². The summed E-state index contributed by atoms with van der Waals surface area (Å²) in [4.78, 5) is 30.8. The van der Waals surface area contributed by atoms with Crippen molar-refractivity contribution in [2.75, 3.05) is 45.2 Å². The van der Waals surface area contributed by atoms with Crippen LogP contribution in [0.1, 0.15) is 42.5 Å². The number of carbonyl (C=O) groups is 2. The number of rotatable bonds is 15. The second-order valence-electron chi connectivity index (χ2n) is 9.23. The minimum Gasteiger partial charge on any atom is -0.480 e. The van der Waals surface area contributed by atoms with Crippen molar-refractivity contribution in [2.24, 2.45) is 0 Å². The molecule has 2 aromatic rings. The van der Waals surface area contributed by atoms with Gasteiger partial charge in [-0.05, 0) is 68.8 Å². The number of carbonyl (C=O) groups excluding carboxylic acids is 1. The number of alkyl carbamates (subject to hydrolysis) is 1. The van der Waals surface area contributed by atoms with Crippen molar-refractivity contribution in [1.29, 1.82) is 0 Å². The van der Waals surface area contributed by atoms with Crippen molar-refractivity contribution in [2.45, 2.75) is 51.2 Å². The van der Waals surface area contributed by atoms with Gasteiger partial charge < -0.3 is 30.1 Å². The molecule has 9 nitrogen and oxygen atoms in total. The van der Waals surface area contributed by atoms with Gasteiger partial charge in [-0.1, -0.05) is 23.7 Å². The number of anilines is 1. The number of nitrogens with one attached hydrogen (secondary N) is 2. The minimum absolute atomic E-state index is 0.0313. The van der Waals surface area contributed by atoms with Crippen LogP contribution in [0, 0.1) is 5.82 Å². The zero-order valence-corrected chi connectivity index (χ0v) is 22.4. The number of benzene rings is 1. The molecule has 0 aliphatic carbocycles. The number of amides is 1. The molecule has 0 saturated carbocycles. The molecule has 3 N–H and O–H groups in total. The van der Waals surface area contributed by atoms with E-state index >= 15 is 0 Å². The molecule has 2 heterocycles. The first kappa shape index (κ1) is 29.6. The maximum Gasteiger partial charge on any atom is 0.408 e. The highest BCUT2D eigenvalue weighted by atomic mass is 35.5. The molecule has 0 bridgehead atoms. The van der Waals surface area contributed by atoms with E-state index in [1.807, 2.05) is 0 Å². The van der Waals surface area contributed by atoms with Crippen molar-refractivity contribution in [3.05, 3.63) is 58.0 Å². The van der Waals surface area contributed by atoms with Gasteiger partial charge in [0, 0.05) is 38.0 Å². The summed E-state index contributed by atoms with van der Waals surface area (Å²) in [5.41, 5.74) is 2.36. The first-order valence-corrected chi connectivity index (χ1v) is 13.3. The monoisotopic (exact) mass is 550 g/mol. The summed E-state index contributed by atoms with van der Waals surface area (Å²) in [5.74, 6) is -0.782. The van der Waals surface area contributed by atoms with Crippen molar-refractivity contribution in [1.82, 2.24) is 15.2 Å². The number of aromatic nitrogens is 1.